The molecular weight excluding hydrogens is 1740 g/mol. The molecular formula is C104H127F7N4O17S. The molecule has 16 bridgehead atoms. The number of carboxylic acid groups (broad SMARTS) is 4. The molecule has 4 aliphatic heterocycles. The highest BCUT2D eigenvalue weighted by Gasteiger charge is 2.58. The van der Waals surface area contributed by atoms with Crippen LogP contribution in [0.15, 0.2) is 48.5 Å². The van der Waals surface area contributed by atoms with E-state index in [2.05, 4.69) is 0 Å². The van der Waals surface area contributed by atoms with Gasteiger partial charge in [-0.1, -0.05) is 7.43 Å². The predicted molar refractivity (Wildman–Crippen MR) is 477 cm³/mol. The van der Waals surface area contributed by atoms with Crippen LogP contribution in [0.1, 0.15) is 320 Å². The zero-order chi connectivity index (χ0) is 91.7. The smallest absolute Gasteiger partial charge is 0.327 e. The summed E-state index contributed by atoms with van der Waals surface area (Å²) >= 11 is 1.39. The molecule has 24 fully saturated rings. The van der Waals surface area contributed by atoms with Gasteiger partial charge in [-0.15, -0.1) is 11.8 Å². The van der Waals surface area contributed by atoms with Crippen molar-refractivity contribution in [1.82, 2.24) is 19.6 Å². The Labute approximate surface area is 776 Å². The number of aliphatic hydroxyl groups excluding tert-OH is 1. The zero-order valence-corrected chi connectivity index (χ0v) is 75.7. The predicted octanol–water partition coefficient (Wildman–Crippen LogP) is 19.7. The van der Waals surface area contributed by atoms with Gasteiger partial charge in [-0.25, -0.2) is 49.9 Å². The molecule has 4 aromatic rings. The third kappa shape index (κ3) is 18.8. The number of aliphatic hydroxyl groups is 1. The molecule has 20 aliphatic carbocycles. The lowest BCUT2D eigenvalue weighted by atomic mass is 9.50. The van der Waals surface area contributed by atoms with E-state index < -0.39 is 126 Å². The van der Waals surface area contributed by atoms with E-state index in [1.165, 1.54) is 188 Å². The van der Waals surface area contributed by atoms with E-state index >= 15 is 17.6 Å². The minimum absolute atomic E-state index is 0. The maximum Gasteiger partial charge on any atom is 0.327 e. The van der Waals surface area contributed by atoms with Crippen LogP contribution in [0.4, 0.5) is 30.7 Å². The van der Waals surface area contributed by atoms with Gasteiger partial charge in [0.15, 0.2) is 0 Å². The third-order valence-electron chi connectivity index (χ3n) is 35.0. The second-order valence-corrected chi connectivity index (χ2v) is 46.7. The first kappa shape index (κ1) is 92.4. The van der Waals surface area contributed by atoms with Crippen LogP contribution in [0.25, 0.3) is 0 Å². The number of ether oxygens (including phenoxy) is 4. The molecule has 6 atom stereocenters. The molecule has 4 saturated heterocycles. The van der Waals surface area contributed by atoms with Gasteiger partial charge in [-0.05, 0) is 347 Å². The van der Waals surface area contributed by atoms with E-state index in [4.69, 9.17) is 18.9 Å². The summed E-state index contributed by atoms with van der Waals surface area (Å²) in [5.41, 5.74) is 3.43. The molecule has 0 radical (unpaired) electrons. The van der Waals surface area contributed by atoms with Gasteiger partial charge < -0.3 is 64.1 Å². The Bertz CT molecular complexity index is 4950. The normalized spacial score (nSPS) is 35.9. The zero-order valence-electron chi connectivity index (χ0n) is 74.9. The summed E-state index contributed by atoms with van der Waals surface area (Å²) in [7, 11) is 0. The fraction of sp³-hybridized carbons (Fsp3) is 0.692. The van der Waals surface area contributed by atoms with E-state index in [1.807, 2.05) is 0 Å². The first-order valence-corrected chi connectivity index (χ1v) is 50.6. The average molecular weight is 1870 g/mol. The van der Waals surface area contributed by atoms with Crippen molar-refractivity contribution in [1.29, 1.82) is 0 Å². The summed E-state index contributed by atoms with van der Waals surface area (Å²) in [5.74, 6) is -0.813. The van der Waals surface area contributed by atoms with Crippen molar-refractivity contribution in [2.45, 2.75) is 298 Å². The SMILES string of the molecule is C.O=C(O)[C@@H]1CC(F)(F)CN1C(=O)c1cc(C2CC2)c(OCC23CC4CC(CC(C4)C2)C3)cc1F.O=C(O)[C@@H]1C[C@@H](F)CN1C(=O)c1cc(C2CC2)c(OCC23CC4CC(CC(C4)C2)C3)cc1F.O=C(O)[C@H]1CSCN1C(=O)c1cc(C2CC2)c(OCC23CC4CC(CC(C4)C2)C3)cc1F.O=C(O)[C@H]1C[C@@H](O)CN1C(=O)c1cc(C2CC2)c(OCC23CC4CC(CC(C4)C2)C3)cc1F. The molecule has 28 rings (SSSR count). The van der Waals surface area contributed by atoms with Crippen LogP contribution < -0.4 is 18.9 Å². The molecule has 720 valence electrons. The van der Waals surface area contributed by atoms with Crippen molar-refractivity contribution in [2.24, 2.45) is 92.7 Å². The second kappa shape index (κ2) is 35.6. The van der Waals surface area contributed by atoms with Crippen LogP contribution in [-0.4, -0.2) is 193 Å². The molecule has 0 unspecified atom stereocenters. The summed E-state index contributed by atoms with van der Waals surface area (Å²) in [6, 6.07) is 6.46. The first-order valence-electron chi connectivity index (χ1n) is 49.4. The number of likely N-dealkylation sites (tertiary alicyclic amines) is 3. The summed E-state index contributed by atoms with van der Waals surface area (Å²) in [4.78, 5) is 102. The van der Waals surface area contributed by atoms with Gasteiger partial charge >= 0.3 is 23.9 Å². The topological polar surface area (TPSA) is 288 Å². The molecule has 4 amide bonds. The number of carbonyl (C=O) groups is 8. The Morgan fingerprint density at radius 3 is 0.865 bits per heavy atom. The van der Waals surface area contributed by atoms with E-state index in [0.29, 0.717) is 66.0 Å². The molecule has 0 aromatic heterocycles. The van der Waals surface area contributed by atoms with Crippen LogP contribution in [0, 0.1) is 116 Å². The van der Waals surface area contributed by atoms with Gasteiger partial charge in [-0.3, -0.25) is 19.2 Å². The lowest BCUT2D eigenvalue weighted by molar-refractivity contribution is -0.142. The van der Waals surface area contributed by atoms with Crippen molar-refractivity contribution < 1.29 is 114 Å². The number of carbonyl (C=O) groups excluding carboxylic acids is 4. The molecule has 29 heteroatoms. The van der Waals surface area contributed by atoms with Gasteiger partial charge in [0.2, 0.25) is 0 Å². The monoisotopic (exact) mass is 1870 g/mol. The number of thioether (sulfide) groups is 1. The molecule has 4 aromatic carbocycles. The third-order valence-corrected chi connectivity index (χ3v) is 36.1. The largest absolute Gasteiger partial charge is 0.493 e. The van der Waals surface area contributed by atoms with Crippen LogP contribution in [0.5, 0.6) is 23.0 Å². The summed E-state index contributed by atoms with van der Waals surface area (Å²) in [6.07, 6.45) is 34.8. The minimum Gasteiger partial charge on any atom is -0.493 e. The number of amides is 4. The van der Waals surface area contributed by atoms with Gasteiger partial charge in [0.05, 0.1) is 73.8 Å². The highest BCUT2D eigenvalue weighted by molar-refractivity contribution is 7.99. The maximum absolute atomic E-state index is 15.2. The van der Waals surface area contributed by atoms with E-state index in [-0.39, 0.29) is 101 Å². The second-order valence-electron chi connectivity index (χ2n) is 45.7. The number of aliphatic carboxylic acids is 4. The minimum atomic E-state index is -3.31. The van der Waals surface area contributed by atoms with E-state index in [0.717, 1.165) is 174 Å². The average Bonchev–Trinajstić information content (AvgIpc) is 1.59. The maximum atomic E-state index is 15.2. The molecule has 21 nitrogen and oxygen atoms in total. The van der Waals surface area contributed by atoms with Crippen molar-refractivity contribution in [3.63, 3.8) is 0 Å². The Morgan fingerprint density at radius 1 is 0.338 bits per heavy atom. The van der Waals surface area contributed by atoms with Crippen LogP contribution in [0.3, 0.4) is 0 Å². The van der Waals surface area contributed by atoms with Gasteiger partial charge in [0.1, 0.15) is 76.6 Å². The molecule has 133 heavy (non-hydrogen) atoms. The highest BCUT2D eigenvalue weighted by Crippen LogP contribution is 2.65. The van der Waals surface area contributed by atoms with Gasteiger partial charge in [0, 0.05) is 77.5 Å². The number of rotatable bonds is 24. The quantitative estimate of drug-likeness (QED) is 0.0407. The molecule has 20 saturated carbocycles. The van der Waals surface area contributed by atoms with Crippen LogP contribution in [0.2, 0.25) is 0 Å². The Balaban J connectivity index is 0.000000110. The number of halogens is 7. The van der Waals surface area contributed by atoms with Gasteiger partial charge in [0.25, 0.3) is 29.6 Å². The number of hydrogen-bond donors (Lipinski definition) is 5. The summed E-state index contributed by atoms with van der Waals surface area (Å²) in [5, 5.41) is 47.4. The summed E-state index contributed by atoms with van der Waals surface area (Å²) in [6.45, 7) is 0.957. The number of nitrogens with zero attached hydrogens (tertiary/aromatic N) is 4. The van der Waals surface area contributed by atoms with E-state index in [1.54, 1.807) is 12.1 Å². The number of benzene rings is 4. The van der Waals surface area contributed by atoms with Gasteiger partial charge in [-0.2, -0.15) is 0 Å². The number of hydrogen-bond acceptors (Lipinski definition) is 14. The summed E-state index contributed by atoms with van der Waals surface area (Å²) < 4.78 is 128. The fourth-order valence-electron chi connectivity index (χ4n) is 30.3. The van der Waals surface area contributed by atoms with Crippen LogP contribution in [-0.2, 0) is 19.2 Å². The Morgan fingerprint density at radius 2 is 0.594 bits per heavy atom. The number of alkyl halides is 3. The Kier molecular flexibility index (Phi) is 24.7. The fourth-order valence-corrected chi connectivity index (χ4v) is 31.5. The number of β-amino-alcohol motifs (C(OH)–C–C–N with tert-alkyl or cyclic N) is 1. The molecule has 24 aliphatic rings. The number of carboxylic acids is 4. The lowest BCUT2D eigenvalue weighted by Crippen LogP contribution is -2.48. The van der Waals surface area contributed by atoms with Crippen molar-refractivity contribution in [3.05, 3.63) is 116 Å². The van der Waals surface area contributed by atoms with Crippen molar-refractivity contribution in [3.8, 4) is 23.0 Å². The standard InChI is InChI=1S/C26H30F3NO4.C26H31F2NO4.C26H32FNO5.C25H30FNO4S.CH4/c27-20-7-22(34-13-25-8-14-3-15(9-25)5-16(4-14)10-25)18(17-1-2-17)6-19(20)23(31)30-12-26(28,29)11-21(30)24(32)33;27-18-6-22(25(31)32)29(12-18)24(30)20-7-19(17-1-2-17)23(8-21(20)28)33-13-26-9-14-3-15(10-26)5-16(4-14)11-26;27-21-8-23(33-13-26-9-14-3-15(10-26)5-16(4-14)11-26)19(17-1-2-17)7-20(21)24(30)28-12-18(29)6-22(28)25(31)32;26-20-7-22(31-12-25-8-14-3-15(9-25)5-16(4-14)10-25)18(17-1-2-17)6-19(20)23(28)27-13-32-11-21(27)24(29)30;/h6-7,14-17,21H,1-5,8-13H2,(H,32,33);7-8,14-18,22H,1-6,9-13H2,(H,31,32);7-8,14-18,22,29H,1-6,9-13H2,(H,31,32);6-7,14-17,21H,1-5,8-13H2,(H,29,30);1H4/t14?,15?,16?,21-,25?;14?,15?,16?,18-,22+,26?;14?,15?,16?,18-,22-,26?;14?,15?,16?,21-,25?;/m0111./s1. The van der Waals surface area contributed by atoms with Crippen molar-refractivity contribution in [2.75, 3.05) is 57.7 Å². The van der Waals surface area contributed by atoms with E-state index in [9.17, 15) is 77.1 Å². The molecule has 4 heterocycles. The first-order chi connectivity index (χ1) is 63.1. The lowest BCUT2D eigenvalue weighted by Gasteiger charge is -2.56. The molecule has 0 spiro atoms. The Hall–Kier alpha value is -8.34. The highest BCUT2D eigenvalue weighted by atomic mass is 32.2. The van der Waals surface area contributed by atoms with Crippen molar-refractivity contribution >= 4 is 59.3 Å². The molecule has 5 N–H and O–H groups in total. The van der Waals surface area contributed by atoms with Crippen LogP contribution >= 0.6 is 11.8 Å².